The molecule has 1 aromatic rings. The lowest BCUT2D eigenvalue weighted by atomic mass is 10.1. The maximum absolute atomic E-state index is 5.89. The molecule has 0 aliphatic carbocycles. The molecule has 0 amide bonds. The Balaban J connectivity index is 2.70. The predicted octanol–water partition coefficient (Wildman–Crippen LogP) is 1.74. The molecule has 0 atom stereocenters. The zero-order valence-corrected chi connectivity index (χ0v) is 8.91. The molecule has 0 aliphatic rings. The van der Waals surface area contributed by atoms with Crippen LogP contribution in [0.1, 0.15) is 39.3 Å². The van der Waals surface area contributed by atoms with Gasteiger partial charge in [0, 0.05) is 11.7 Å². The van der Waals surface area contributed by atoms with Crippen LogP contribution in [0.2, 0.25) is 0 Å². The van der Waals surface area contributed by atoms with Gasteiger partial charge in [-0.05, 0) is 25.8 Å². The highest BCUT2D eigenvalue weighted by Crippen LogP contribution is 2.11. The second-order valence-corrected chi connectivity index (χ2v) is 4.58. The normalized spacial score (nSPS) is 12.5. The van der Waals surface area contributed by atoms with Gasteiger partial charge in [0.2, 0.25) is 0 Å². The fraction of sp³-hybridized carbons (Fsp3) is 0.700. The third kappa shape index (κ3) is 3.19. The number of nitrogens with zero attached hydrogens (tertiary/aromatic N) is 2. The summed E-state index contributed by atoms with van der Waals surface area (Å²) in [5.74, 6) is 0.488. The Bertz CT molecular complexity index is 268. The largest absolute Gasteiger partial charge is 0.324 e. The molecule has 13 heavy (non-hydrogen) atoms. The van der Waals surface area contributed by atoms with Crippen molar-refractivity contribution in [3.8, 4) is 0 Å². The van der Waals surface area contributed by atoms with Crippen LogP contribution in [-0.2, 0) is 6.54 Å². The standard InChI is InChI=1S/C10H19N3/c1-8(2)9-5-6-13(12-9)7-10(3,4)11/h5-6,8H,7,11H2,1-4H3. The molecule has 3 heteroatoms. The van der Waals surface area contributed by atoms with Crippen LogP contribution in [0.3, 0.4) is 0 Å². The molecule has 1 heterocycles. The van der Waals surface area contributed by atoms with E-state index in [-0.39, 0.29) is 5.54 Å². The fourth-order valence-electron chi connectivity index (χ4n) is 1.19. The smallest absolute Gasteiger partial charge is 0.0649 e. The van der Waals surface area contributed by atoms with Crippen molar-refractivity contribution in [2.75, 3.05) is 0 Å². The number of hydrogen-bond donors (Lipinski definition) is 1. The van der Waals surface area contributed by atoms with Gasteiger partial charge in [0.15, 0.2) is 0 Å². The number of rotatable bonds is 3. The Morgan fingerprint density at radius 2 is 2.15 bits per heavy atom. The third-order valence-corrected chi connectivity index (χ3v) is 1.82. The van der Waals surface area contributed by atoms with E-state index < -0.39 is 0 Å². The highest BCUT2D eigenvalue weighted by atomic mass is 15.3. The molecule has 74 valence electrons. The number of aromatic nitrogens is 2. The van der Waals surface area contributed by atoms with E-state index in [4.69, 9.17) is 5.73 Å². The molecule has 1 aromatic heterocycles. The van der Waals surface area contributed by atoms with E-state index in [9.17, 15) is 0 Å². The number of nitrogens with two attached hydrogens (primary N) is 1. The van der Waals surface area contributed by atoms with Gasteiger partial charge < -0.3 is 5.73 Å². The number of hydrogen-bond acceptors (Lipinski definition) is 2. The molecule has 2 N–H and O–H groups in total. The van der Waals surface area contributed by atoms with Gasteiger partial charge in [-0.1, -0.05) is 13.8 Å². The van der Waals surface area contributed by atoms with E-state index in [1.54, 1.807) is 0 Å². The average Bonchev–Trinajstić information content (AvgIpc) is 2.31. The van der Waals surface area contributed by atoms with Gasteiger partial charge in [0.25, 0.3) is 0 Å². The monoisotopic (exact) mass is 181 g/mol. The van der Waals surface area contributed by atoms with Crippen LogP contribution in [0, 0.1) is 0 Å². The lowest BCUT2D eigenvalue weighted by Crippen LogP contribution is -2.37. The molecule has 1 rings (SSSR count). The second-order valence-electron chi connectivity index (χ2n) is 4.58. The van der Waals surface area contributed by atoms with Crippen LogP contribution in [0.15, 0.2) is 12.3 Å². The molecule has 0 radical (unpaired) electrons. The van der Waals surface area contributed by atoms with Gasteiger partial charge in [-0.25, -0.2) is 0 Å². The Morgan fingerprint density at radius 1 is 1.54 bits per heavy atom. The highest BCUT2D eigenvalue weighted by Gasteiger charge is 2.12. The van der Waals surface area contributed by atoms with E-state index in [2.05, 4.69) is 25.0 Å². The predicted molar refractivity (Wildman–Crippen MR) is 54.6 cm³/mol. The van der Waals surface area contributed by atoms with E-state index in [1.807, 2.05) is 24.7 Å². The van der Waals surface area contributed by atoms with E-state index in [1.165, 1.54) is 0 Å². The third-order valence-electron chi connectivity index (χ3n) is 1.82. The van der Waals surface area contributed by atoms with Crippen molar-refractivity contribution in [1.29, 1.82) is 0 Å². The van der Waals surface area contributed by atoms with Crippen LogP contribution in [0.5, 0.6) is 0 Å². The Kier molecular flexibility index (Phi) is 2.76. The molecule has 0 fully saturated rings. The van der Waals surface area contributed by atoms with Crippen LogP contribution in [0.25, 0.3) is 0 Å². The maximum atomic E-state index is 5.89. The van der Waals surface area contributed by atoms with Gasteiger partial charge >= 0.3 is 0 Å². The van der Waals surface area contributed by atoms with Crippen molar-refractivity contribution in [2.24, 2.45) is 5.73 Å². The van der Waals surface area contributed by atoms with Gasteiger partial charge in [-0.2, -0.15) is 5.10 Å². The summed E-state index contributed by atoms with van der Waals surface area (Å²) in [6, 6.07) is 2.05. The van der Waals surface area contributed by atoms with Crippen molar-refractivity contribution in [2.45, 2.75) is 45.7 Å². The van der Waals surface area contributed by atoms with Gasteiger partial charge in [0.05, 0.1) is 12.2 Å². The lowest BCUT2D eigenvalue weighted by Gasteiger charge is -2.17. The van der Waals surface area contributed by atoms with Crippen LogP contribution in [-0.4, -0.2) is 15.3 Å². The van der Waals surface area contributed by atoms with Crippen LogP contribution < -0.4 is 5.73 Å². The van der Waals surface area contributed by atoms with Gasteiger partial charge in [0.1, 0.15) is 0 Å². The molecule has 0 spiro atoms. The molecule has 0 bridgehead atoms. The summed E-state index contributed by atoms with van der Waals surface area (Å²) in [7, 11) is 0. The topological polar surface area (TPSA) is 43.8 Å². The minimum atomic E-state index is -0.194. The summed E-state index contributed by atoms with van der Waals surface area (Å²) in [6.07, 6.45) is 1.99. The zero-order valence-electron chi connectivity index (χ0n) is 8.91. The Labute approximate surface area is 79.9 Å². The van der Waals surface area contributed by atoms with Gasteiger partial charge in [-0.3, -0.25) is 4.68 Å². The second kappa shape index (κ2) is 3.50. The first-order chi connectivity index (χ1) is 5.88. The first-order valence-corrected chi connectivity index (χ1v) is 4.71. The molecular formula is C10H19N3. The van der Waals surface area contributed by atoms with E-state index in [0.29, 0.717) is 5.92 Å². The van der Waals surface area contributed by atoms with Crippen LogP contribution in [0.4, 0.5) is 0 Å². The Morgan fingerprint density at radius 3 is 2.54 bits per heavy atom. The summed E-state index contributed by atoms with van der Waals surface area (Å²) < 4.78 is 1.91. The first-order valence-electron chi connectivity index (χ1n) is 4.71. The van der Waals surface area contributed by atoms with Crippen molar-refractivity contribution >= 4 is 0 Å². The molecule has 0 aromatic carbocycles. The Hall–Kier alpha value is -0.830. The quantitative estimate of drug-likeness (QED) is 0.772. The summed E-state index contributed by atoms with van der Waals surface area (Å²) in [5.41, 5.74) is 6.83. The fourth-order valence-corrected chi connectivity index (χ4v) is 1.19. The maximum Gasteiger partial charge on any atom is 0.0649 e. The minimum Gasteiger partial charge on any atom is -0.324 e. The van der Waals surface area contributed by atoms with E-state index >= 15 is 0 Å². The van der Waals surface area contributed by atoms with Crippen molar-refractivity contribution in [1.82, 2.24) is 9.78 Å². The summed E-state index contributed by atoms with van der Waals surface area (Å²) in [4.78, 5) is 0. The van der Waals surface area contributed by atoms with Crippen molar-refractivity contribution in [3.63, 3.8) is 0 Å². The van der Waals surface area contributed by atoms with Gasteiger partial charge in [-0.15, -0.1) is 0 Å². The summed E-state index contributed by atoms with van der Waals surface area (Å²) in [6.45, 7) is 9.05. The minimum absolute atomic E-state index is 0.194. The molecule has 3 nitrogen and oxygen atoms in total. The molecular weight excluding hydrogens is 162 g/mol. The van der Waals surface area contributed by atoms with E-state index in [0.717, 1.165) is 12.2 Å². The molecule has 0 unspecified atom stereocenters. The molecule has 0 saturated heterocycles. The summed E-state index contributed by atoms with van der Waals surface area (Å²) in [5, 5.41) is 4.43. The zero-order chi connectivity index (χ0) is 10.1. The highest BCUT2D eigenvalue weighted by molar-refractivity contribution is 5.03. The first kappa shape index (κ1) is 10.3. The van der Waals surface area contributed by atoms with Crippen LogP contribution >= 0.6 is 0 Å². The average molecular weight is 181 g/mol. The lowest BCUT2D eigenvalue weighted by molar-refractivity contribution is 0.406. The SMILES string of the molecule is CC(C)c1ccn(CC(C)(C)N)n1. The molecule has 0 aliphatic heterocycles. The van der Waals surface area contributed by atoms with Crippen molar-refractivity contribution in [3.05, 3.63) is 18.0 Å². The summed E-state index contributed by atoms with van der Waals surface area (Å²) >= 11 is 0. The molecule has 0 saturated carbocycles. The van der Waals surface area contributed by atoms with Crippen molar-refractivity contribution < 1.29 is 0 Å².